The highest BCUT2D eigenvalue weighted by Crippen LogP contribution is 2.27. The van der Waals surface area contributed by atoms with Crippen molar-refractivity contribution in [2.75, 3.05) is 11.9 Å². The van der Waals surface area contributed by atoms with E-state index in [-0.39, 0.29) is 0 Å². The number of nitrogens with zero attached hydrogens (tertiary/aromatic N) is 4. The van der Waals surface area contributed by atoms with Crippen molar-refractivity contribution in [3.8, 4) is 11.6 Å². The number of nitrogens with one attached hydrogen (secondary N) is 1. The highest BCUT2D eigenvalue weighted by atomic mass is 16.5. The molecule has 2 aromatic heterocycles. The molecule has 0 saturated carbocycles. The van der Waals surface area contributed by atoms with Crippen LogP contribution in [0.5, 0.6) is 11.6 Å². The van der Waals surface area contributed by atoms with E-state index in [1.165, 1.54) is 0 Å². The van der Waals surface area contributed by atoms with Crippen LogP contribution in [-0.4, -0.2) is 26.3 Å². The Morgan fingerprint density at radius 1 is 1.26 bits per heavy atom. The van der Waals surface area contributed by atoms with Gasteiger partial charge >= 0.3 is 0 Å². The van der Waals surface area contributed by atoms with Gasteiger partial charge in [0.2, 0.25) is 11.8 Å². The molecule has 0 amide bonds. The second-order valence-corrected chi connectivity index (χ2v) is 4.43. The monoisotopic (exact) mass is 261 g/mol. The smallest absolute Gasteiger partial charge is 0.226 e. The maximum absolute atomic E-state index is 5.85. The summed E-state index contributed by atoms with van der Waals surface area (Å²) in [7, 11) is 1.89. The second-order valence-electron chi connectivity index (χ2n) is 4.43. The summed E-state index contributed by atoms with van der Waals surface area (Å²) < 4.78 is 7.65. The quantitative estimate of drug-likeness (QED) is 0.915. The predicted molar refractivity (Wildman–Crippen MR) is 73.7 cm³/mol. The van der Waals surface area contributed by atoms with Gasteiger partial charge in [-0.25, -0.2) is 4.98 Å². The highest BCUT2D eigenvalue weighted by molar-refractivity contribution is 5.37. The summed E-state index contributed by atoms with van der Waals surface area (Å²) in [6, 6.07) is 1.81. The Hall–Kier alpha value is -2.11. The molecule has 0 bridgehead atoms. The third kappa shape index (κ3) is 2.83. The van der Waals surface area contributed by atoms with Crippen LogP contribution in [0.1, 0.15) is 24.0 Å². The maximum Gasteiger partial charge on any atom is 0.226 e. The SMILES string of the molecule is CCNc1nc(C)cc(Oc2c(C)nn(C)c2C)n1. The van der Waals surface area contributed by atoms with Crippen LogP contribution in [0.25, 0.3) is 0 Å². The van der Waals surface area contributed by atoms with Gasteiger partial charge in [0.25, 0.3) is 0 Å². The Bertz CT molecular complexity index is 591. The fourth-order valence-electron chi connectivity index (χ4n) is 1.84. The largest absolute Gasteiger partial charge is 0.435 e. The number of rotatable bonds is 4. The molecule has 0 atom stereocenters. The normalized spacial score (nSPS) is 10.6. The summed E-state index contributed by atoms with van der Waals surface area (Å²) in [4.78, 5) is 8.62. The molecule has 0 aliphatic carbocycles. The summed E-state index contributed by atoms with van der Waals surface area (Å²) >= 11 is 0. The predicted octanol–water partition coefficient (Wildman–Crippen LogP) is 2.36. The van der Waals surface area contributed by atoms with Crippen molar-refractivity contribution in [1.82, 2.24) is 19.7 Å². The van der Waals surface area contributed by atoms with Crippen molar-refractivity contribution in [1.29, 1.82) is 0 Å². The average molecular weight is 261 g/mol. The first-order valence-electron chi connectivity index (χ1n) is 6.29. The van der Waals surface area contributed by atoms with E-state index < -0.39 is 0 Å². The first kappa shape index (κ1) is 13.3. The van der Waals surface area contributed by atoms with Gasteiger partial charge in [-0.1, -0.05) is 0 Å². The molecule has 6 nitrogen and oxygen atoms in total. The highest BCUT2D eigenvalue weighted by Gasteiger charge is 2.13. The first-order chi connectivity index (χ1) is 9.01. The minimum absolute atomic E-state index is 0.530. The van der Waals surface area contributed by atoms with Crippen LogP contribution in [-0.2, 0) is 7.05 Å². The van der Waals surface area contributed by atoms with Crippen LogP contribution in [0.2, 0.25) is 0 Å². The molecule has 2 heterocycles. The zero-order chi connectivity index (χ0) is 14.0. The molecule has 2 rings (SSSR count). The maximum atomic E-state index is 5.85. The van der Waals surface area contributed by atoms with E-state index in [0.717, 1.165) is 29.4 Å². The molecule has 0 aliphatic rings. The molecule has 0 aromatic carbocycles. The van der Waals surface area contributed by atoms with Gasteiger partial charge in [0.15, 0.2) is 5.75 Å². The molecule has 6 heteroatoms. The van der Waals surface area contributed by atoms with Gasteiger partial charge in [0, 0.05) is 25.4 Å². The van der Waals surface area contributed by atoms with E-state index in [4.69, 9.17) is 4.74 Å². The number of aryl methyl sites for hydroxylation is 3. The Morgan fingerprint density at radius 3 is 2.58 bits per heavy atom. The van der Waals surface area contributed by atoms with Gasteiger partial charge in [-0.05, 0) is 27.7 Å². The first-order valence-corrected chi connectivity index (χ1v) is 6.29. The third-order valence-corrected chi connectivity index (χ3v) is 2.81. The Kier molecular flexibility index (Phi) is 3.69. The van der Waals surface area contributed by atoms with Crippen molar-refractivity contribution in [2.24, 2.45) is 7.05 Å². The fourth-order valence-corrected chi connectivity index (χ4v) is 1.84. The molecule has 0 saturated heterocycles. The molecule has 0 fully saturated rings. The van der Waals surface area contributed by atoms with Crippen molar-refractivity contribution < 1.29 is 4.74 Å². The topological polar surface area (TPSA) is 64.9 Å². The van der Waals surface area contributed by atoms with Crippen molar-refractivity contribution >= 4 is 5.95 Å². The number of aromatic nitrogens is 4. The average Bonchev–Trinajstić information content (AvgIpc) is 2.56. The van der Waals surface area contributed by atoms with E-state index in [1.807, 2.05) is 40.8 Å². The van der Waals surface area contributed by atoms with Crippen LogP contribution in [0.3, 0.4) is 0 Å². The molecule has 1 N–H and O–H groups in total. The van der Waals surface area contributed by atoms with Crippen molar-refractivity contribution in [3.05, 3.63) is 23.1 Å². The minimum Gasteiger partial charge on any atom is -0.435 e. The van der Waals surface area contributed by atoms with E-state index >= 15 is 0 Å². The van der Waals surface area contributed by atoms with Gasteiger partial charge in [-0.2, -0.15) is 10.1 Å². The van der Waals surface area contributed by atoms with Gasteiger partial charge in [0.1, 0.15) is 5.69 Å². The van der Waals surface area contributed by atoms with Crippen LogP contribution in [0.15, 0.2) is 6.07 Å². The lowest BCUT2D eigenvalue weighted by Crippen LogP contribution is -2.04. The molecular weight excluding hydrogens is 242 g/mol. The van der Waals surface area contributed by atoms with Crippen LogP contribution in [0, 0.1) is 20.8 Å². The number of ether oxygens (including phenoxy) is 1. The number of anilines is 1. The summed E-state index contributed by atoms with van der Waals surface area (Å²) in [6.45, 7) is 8.57. The Morgan fingerprint density at radius 2 is 2.00 bits per heavy atom. The van der Waals surface area contributed by atoms with Crippen molar-refractivity contribution in [2.45, 2.75) is 27.7 Å². The lowest BCUT2D eigenvalue weighted by molar-refractivity contribution is 0.454. The minimum atomic E-state index is 0.530. The molecule has 102 valence electrons. The zero-order valence-electron chi connectivity index (χ0n) is 12.0. The van der Waals surface area contributed by atoms with Crippen LogP contribution < -0.4 is 10.1 Å². The summed E-state index contributed by atoms with van der Waals surface area (Å²) in [5, 5.41) is 7.41. The van der Waals surface area contributed by atoms with Gasteiger partial charge in [0.05, 0.1) is 5.69 Å². The van der Waals surface area contributed by atoms with E-state index in [1.54, 1.807) is 4.68 Å². The van der Waals surface area contributed by atoms with Gasteiger partial charge in [-0.3, -0.25) is 4.68 Å². The standard InChI is InChI=1S/C13H19N5O/c1-6-14-13-15-8(2)7-11(16-13)19-12-9(3)17-18(5)10(12)4/h7H,6H2,1-5H3,(H,14,15,16). The zero-order valence-corrected chi connectivity index (χ0v) is 12.0. The summed E-state index contributed by atoms with van der Waals surface area (Å²) in [5.41, 5.74) is 2.68. The lowest BCUT2D eigenvalue weighted by atomic mass is 10.3. The molecule has 2 aromatic rings. The fraction of sp³-hybridized carbons (Fsp3) is 0.462. The molecule has 0 spiro atoms. The van der Waals surface area contributed by atoms with Crippen LogP contribution in [0.4, 0.5) is 5.95 Å². The molecular formula is C13H19N5O. The molecule has 0 unspecified atom stereocenters. The van der Waals surface area contributed by atoms with Crippen molar-refractivity contribution in [3.63, 3.8) is 0 Å². The summed E-state index contributed by atoms with van der Waals surface area (Å²) in [6.07, 6.45) is 0. The number of hydrogen-bond acceptors (Lipinski definition) is 5. The molecule has 19 heavy (non-hydrogen) atoms. The van der Waals surface area contributed by atoms with Gasteiger partial charge in [-0.15, -0.1) is 0 Å². The second kappa shape index (κ2) is 5.26. The molecule has 0 radical (unpaired) electrons. The Labute approximate surface area is 112 Å². The van der Waals surface area contributed by atoms with Gasteiger partial charge < -0.3 is 10.1 Å². The van der Waals surface area contributed by atoms with E-state index in [0.29, 0.717) is 11.8 Å². The van der Waals surface area contributed by atoms with E-state index in [2.05, 4.69) is 20.4 Å². The number of hydrogen-bond donors (Lipinski definition) is 1. The summed E-state index contributed by atoms with van der Waals surface area (Å²) in [5.74, 6) is 1.86. The third-order valence-electron chi connectivity index (χ3n) is 2.81. The van der Waals surface area contributed by atoms with E-state index in [9.17, 15) is 0 Å². The van der Waals surface area contributed by atoms with Crippen LogP contribution >= 0.6 is 0 Å². The molecule has 0 aliphatic heterocycles. The Balaban J connectivity index is 2.32. The lowest BCUT2D eigenvalue weighted by Gasteiger charge is -2.08.